The van der Waals surface area contributed by atoms with Crippen LogP contribution in [0.15, 0.2) is 5.51 Å². The molecule has 84 valence electrons. The summed E-state index contributed by atoms with van der Waals surface area (Å²) in [5.74, 6) is -0.0425. The molecule has 4 nitrogen and oxygen atoms in total. The maximum Gasteiger partial charge on any atom is 0.266 e. The molecular formula is C10H16N2O2S. The smallest absolute Gasteiger partial charge is 0.266 e. The molecule has 1 aromatic heterocycles. The Hall–Kier alpha value is -0.940. The van der Waals surface area contributed by atoms with Gasteiger partial charge in [0.25, 0.3) is 5.91 Å². The van der Waals surface area contributed by atoms with E-state index in [1.165, 1.54) is 11.3 Å². The minimum absolute atomic E-state index is 0.0121. The molecule has 1 rings (SSSR count). The van der Waals surface area contributed by atoms with E-state index in [2.05, 4.69) is 4.98 Å². The lowest BCUT2D eigenvalue weighted by atomic mass is 10.2. The van der Waals surface area contributed by atoms with Crippen molar-refractivity contribution < 1.29 is 9.90 Å². The first-order chi connectivity index (χ1) is 7.07. The summed E-state index contributed by atoms with van der Waals surface area (Å²) < 4.78 is 0. The third-order valence-corrected chi connectivity index (χ3v) is 3.08. The number of carbonyl (C=O) groups is 1. The number of aryl methyl sites for hydroxylation is 1. The molecule has 1 aromatic rings. The van der Waals surface area contributed by atoms with E-state index in [4.69, 9.17) is 5.11 Å². The fourth-order valence-electron chi connectivity index (χ4n) is 1.34. The lowest BCUT2D eigenvalue weighted by molar-refractivity contribution is 0.0669. The van der Waals surface area contributed by atoms with E-state index >= 15 is 0 Å². The zero-order valence-corrected chi connectivity index (χ0v) is 10.0. The van der Waals surface area contributed by atoms with Gasteiger partial charge in [-0.25, -0.2) is 4.98 Å². The Morgan fingerprint density at radius 1 is 1.67 bits per heavy atom. The fraction of sp³-hybridized carbons (Fsp3) is 0.600. The quantitative estimate of drug-likeness (QED) is 0.845. The number of hydrogen-bond donors (Lipinski definition) is 1. The van der Waals surface area contributed by atoms with Crippen LogP contribution >= 0.6 is 11.3 Å². The maximum atomic E-state index is 12.0. The first-order valence-corrected chi connectivity index (χ1v) is 5.77. The molecule has 5 heteroatoms. The van der Waals surface area contributed by atoms with Crippen LogP contribution < -0.4 is 0 Å². The van der Waals surface area contributed by atoms with Gasteiger partial charge in [-0.05, 0) is 20.8 Å². The van der Waals surface area contributed by atoms with Crippen molar-refractivity contribution in [3.8, 4) is 0 Å². The predicted octanol–water partition coefficient (Wildman–Crippen LogP) is 1.29. The topological polar surface area (TPSA) is 53.4 Å². The second-order valence-corrected chi connectivity index (χ2v) is 4.44. The summed E-state index contributed by atoms with van der Waals surface area (Å²) in [7, 11) is 0. The van der Waals surface area contributed by atoms with Gasteiger partial charge >= 0.3 is 0 Å². The molecule has 0 atom stereocenters. The van der Waals surface area contributed by atoms with Crippen LogP contribution in [0, 0.1) is 6.92 Å². The molecule has 15 heavy (non-hydrogen) atoms. The first kappa shape index (κ1) is 12.1. The Bertz CT molecular complexity index is 336. The van der Waals surface area contributed by atoms with Crippen LogP contribution in [0.3, 0.4) is 0 Å². The first-order valence-electron chi connectivity index (χ1n) is 4.89. The van der Waals surface area contributed by atoms with E-state index in [-0.39, 0.29) is 18.6 Å². The van der Waals surface area contributed by atoms with E-state index in [0.717, 1.165) is 5.69 Å². The number of nitrogens with zero attached hydrogens (tertiary/aromatic N) is 2. The van der Waals surface area contributed by atoms with Crippen LogP contribution in [-0.4, -0.2) is 40.1 Å². The van der Waals surface area contributed by atoms with Crippen molar-refractivity contribution in [2.24, 2.45) is 0 Å². The molecule has 0 aliphatic rings. The summed E-state index contributed by atoms with van der Waals surface area (Å²) in [6, 6.07) is 0.0890. The number of aromatic nitrogens is 1. The van der Waals surface area contributed by atoms with Gasteiger partial charge < -0.3 is 10.0 Å². The third-order valence-electron chi connectivity index (χ3n) is 2.16. The lowest BCUT2D eigenvalue weighted by Gasteiger charge is -2.25. The molecule has 1 heterocycles. The minimum Gasteiger partial charge on any atom is -0.395 e. The zero-order chi connectivity index (χ0) is 11.4. The average molecular weight is 228 g/mol. The second-order valence-electron chi connectivity index (χ2n) is 3.58. The van der Waals surface area contributed by atoms with Crippen LogP contribution in [0.25, 0.3) is 0 Å². The van der Waals surface area contributed by atoms with E-state index in [9.17, 15) is 4.79 Å². The number of rotatable bonds is 4. The molecule has 0 saturated carbocycles. The summed E-state index contributed by atoms with van der Waals surface area (Å²) >= 11 is 1.35. The molecule has 0 aliphatic heterocycles. The molecule has 0 aliphatic carbocycles. The van der Waals surface area contributed by atoms with Gasteiger partial charge in [0.2, 0.25) is 0 Å². The Morgan fingerprint density at radius 2 is 2.33 bits per heavy atom. The van der Waals surface area contributed by atoms with Gasteiger partial charge in [-0.2, -0.15) is 0 Å². The standard InChI is InChI=1S/C10H16N2O2S/c1-7(2)12(4-5-13)10(14)9-8(3)11-6-15-9/h6-7,13H,4-5H2,1-3H3. The van der Waals surface area contributed by atoms with Crippen molar-refractivity contribution in [1.29, 1.82) is 0 Å². The van der Waals surface area contributed by atoms with Gasteiger partial charge in [-0.15, -0.1) is 11.3 Å². The number of hydrogen-bond acceptors (Lipinski definition) is 4. The molecule has 0 radical (unpaired) electrons. The van der Waals surface area contributed by atoms with Crippen molar-refractivity contribution in [3.05, 3.63) is 16.1 Å². The van der Waals surface area contributed by atoms with Crippen LogP contribution in [0.5, 0.6) is 0 Å². The van der Waals surface area contributed by atoms with Gasteiger partial charge in [-0.3, -0.25) is 4.79 Å². The molecular weight excluding hydrogens is 212 g/mol. The van der Waals surface area contributed by atoms with Crippen molar-refractivity contribution in [1.82, 2.24) is 9.88 Å². The SMILES string of the molecule is Cc1ncsc1C(=O)N(CCO)C(C)C. The second kappa shape index (κ2) is 5.23. The Balaban J connectivity index is 2.86. The normalized spacial score (nSPS) is 10.7. The van der Waals surface area contributed by atoms with Crippen molar-refractivity contribution in [2.75, 3.05) is 13.2 Å². The summed E-state index contributed by atoms with van der Waals surface area (Å²) in [6.07, 6.45) is 0. The van der Waals surface area contributed by atoms with Crippen molar-refractivity contribution in [2.45, 2.75) is 26.8 Å². The number of aliphatic hydroxyl groups is 1. The highest BCUT2D eigenvalue weighted by Gasteiger charge is 2.21. The van der Waals surface area contributed by atoms with E-state index in [1.54, 1.807) is 10.4 Å². The number of carbonyl (C=O) groups excluding carboxylic acids is 1. The van der Waals surface area contributed by atoms with Gasteiger partial charge in [0.15, 0.2) is 0 Å². The van der Waals surface area contributed by atoms with Crippen LogP contribution in [0.1, 0.15) is 29.2 Å². The Kier molecular flexibility index (Phi) is 4.23. The third kappa shape index (κ3) is 2.76. The Morgan fingerprint density at radius 3 is 2.73 bits per heavy atom. The summed E-state index contributed by atoms with van der Waals surface area (Å²) in [5, 5.41) is 8.90. The average Bonchev–Trinajstić information content (AvgIpc) is 2.59. The molecule has 0 saturated heterocycles. The molecule has 1 amide bonds. The largest absolute Gasteiger partial charge is 0.395 e. The molecule has 0 unspecified atom stereocenters. The fourth-order valence-corrected chi connectivity index (χ4v) is 2.10. The highest BCUT2D eigenvalue weighted by molar-refractivity contribution is 7.11. The summed E-state index contributed by atoms with van der Waals surface area (Å²) in [5.41, 5.74) is 2.42. The summed E-state index contributed by atoms with van der Waals surface area (Å²) in [6.45, 7) is 6.05. The van der Waals surface area contributed by atoms with E-state index in [1.807, 2.05) is 20.8 Å². The van der Waals surface area contributed by atoms with E-state index in [0.29, 0.717) is 11.4 Å². The molecule has 0 bridgehead atoms. The predicted molar refractivity (Wildman–Crippen MR) is 60.1 cm³/mol. The zero-order valence-electron chi connectivity index (χ0n) is 9.23. The maximum absolute atomic E-state index is 12.0. The molecule has 1 N–H and O–H groups in total. The molecule has 0 fully saturated rings. The van der Waals surface area contributed by atoms with Gasteiger partial charge in [-0.1, -0.05) is 0 Å². The van der Waals surface area contributed by atoms with Crippen LogP contribution in [-0.2, 0) is 0 Å². The lowest BCUT2D eigenvalue weighted by Crippen LogP contribution is -2.38. The van der Waals surface area contributed by atoms with Crippen molar-refractivity contribution in [3.63, 3.8) is 0 Å². The van der Waals surface area contributed by atoms with E-state index < -0.39 is 0 Å². The number of thiazole rings is 1. The van der Waals surface area contributed by atoms with Crippen LogP contribution in [0.2, 0.25) is 0 Å². The van der Waals surface area contributed by atoms with Gasteiger partial charge in [0.1, 0.15) is 4.88 Å². The van der Waals surface area contributed by atoms with Gasteiger partial charge in [0.05, 0.1) is 17.8 Å². The van der Waals surface area contributed by atoms with Crippen LogP contribution in [0.4, 0.5) is 0 Å². The molecule has 0 aromatic carbocycles. The van der Waals surface area contributed by atoms with Crippen molar-refractivity contribution >= 4 is 17.2 Å². The monoisotopic (exact) mass is 228 g/mol. The minimum atomic E-state index is -0.0425. The summed E-state index contributed by atoms with van der Waals surface area (Å²) in [4.78, 5) is 18.4. The highest BCUT2D eigenvalue weighted by atomic mass is 32.1. The number of amides is 1. The van der Waals surface area contributed by atoms with Gasteiger partial charge in [0, 0.05) is 12.6 Å². The Labute approximate surface area is 93.6 Å². The molecule has 0 spiro atoms. The highest BCUT2D eigenvalue weighted by Crippen LogP contribution is 2.16. The number of aliphatic hydroxyl groups excluding tert-OH is 1.